The van der Waals surface area contributed by atoms with Gasteiger partial charge in [-0.05, 0) is 42.2 Å². The highest BCUT2D eigenvalue weighted by atomic mass is 127. The molecule has 27 heavy (non-hydrogen) atoms. The highest BCUT2D eigenvalue weighted by molar-refractivity contribution is 14.0. The predicted octanol–water partition coefficient (Wildman–Crippen LogP) is 2.74. The lowest BCUT2D eigenvalue weighted by molar-refractivity contribution is -0.117. The number of hydrogen-bond acceptors (Lipinski definition) is 2. The number of fused-ring (bicyclic) bond motifs is 1. The van der Waals surface area contributed by atoms with E-state index in [9.17, 15) is 9.18 Å². The third kappa shape index (κ3) is 5.66. The van der Waals surface area contributed by atoms with Crippen LogP contribution in [-0.4, -0.2) is 38.5 Å². The number of nitrogens with one attached hydrogen (secondary N) is 2. The summed E-state index contributed by atoms with van der Waals surface area (Å²) in [5, 5.41) is 6.23. The average Bonchev–Trinajstić information content (AvgIpc) is 3.10. The fraction of sp³-hybridized carbons (Fsp3) is 0.300. The summed E-state index contributed by atoms with van der Waals surface area (Å²) in [7, 11) is 1.67. The number of amides is 1. The van der Waals surface area contributed by atoms with E-state index in [-0.39, 0.29) is 42.2 Å². The summed E-state index contributed by atoms with van der Waals surface area (Å²) in [4.78, 5) is 18.5. The molecule has 1 aliphatic heterocycles. The zero-order valence-electron chi connectivity index (χ0n) is 15.2. The van der Waals surface area contributed by atoms with Gasteiger partial charge in [-0.3, -0.25) is 9.79 Å². The van der Waals surface area contributed by atoms with Gasteiger partial charge in [-0.2, -0.15) is 0 Å². The number of halogens is 2. The molecule has 144 valence electrons. The fourth-order valence-electron chi connectivity index (χ4n) is 3.05. The first kappa shape index (κ1) is 21.1. The summed E-state index contributed by atoms with van der Waals surface area (Å²) in [5.74, 6) is 0.366. The van der Waals surface area contributed by atoms with Gasteiger partial charge in [0.1, 0.15) is 5.82 Å². The third-order valence-corrected chi connectivity index (χ3v) is 4.44. The number of benzene rings is 2. The van der Waals surface area contributed by atoms with Crippen LogP contribution in [0.4, 0.5) is 10.1 Å². The number of carbonyl (C=O) groups is 1. The first-order valence-corrected chi connectivity index (χ1v) is 8.74. The number of para-hydroxylation sites is 1. The number of aliphatic imine (C=N–C) groups is 1. The van der Waals surface area contributed by atoms with E-state index in [1.807, 2.05) is 23.1 Å². The van der Waals surface area contributed by atoms with E-state index in [1.165, 1.54) is 17.7 Å². The highest BCUT2D eigenvalue weighted by Gasteiger charge is 2.23. The Morgan fingerprint density at radius 3 is 2.63 bits per heavy atom. The van der Waals surface area contributed by atoms with E-state index in [4.69, 9.17) is 0 Å². The molecule has 0 saturated heterocycles. The molecule has 0 bridgehead atoms. The Balaban J connectivity index is 0.00000261. The van der Waals surface area contributed by atoms with Crippen LogP contribution in [-0.2, 0) is 17.6 Å². The molecule has 0 fully saturated rings. The van der Waals surface area contributed by atoms with E-state index in [2.05, 4.69) is 21.7 Å². The second-order valence-corrected chi connectivity index (χ2v) is 6.15. The van der Waals surface area contributed by atoms with Gasteiger partial charge < -0.3 is 15.5 Å². The molecule has 2 aromatic rings. The van der Waals surface area contributed by atoms with Gasteiger partial charge in [0.15, 0.2) is 5.96 Å². The van der Waals surface area contributed by atoms with E-state index in [0.29, 0.717) is 12.5 Å². The van der Waals surface area contributed by atoms with Gasteiger partial charge in [-0.1, -0.05) is 30.3 Å². The van der Waals surface area contributed by atoms with Gasteiger partial charge in [-0.15, -0.1) is 24.0 Å². The Labute approximate surface area is 176 Å². The Morgan fingerprint density at radius 1 is 1.15 bits per heavy atom. The molecule has 0 aromatic heterocycles. The zero-order valence-corrected chi connectivity index (χ0v) is 17.6. The summed E-state index contributed by atoms with van der Waals surface area (Å²) in [6, 6.07) is 14.4. The van der Waals surface area contributed by atoms with Crippen LogP contribution in [0.3, 0.4) is 0 Å². The van der Waals surface area contributed by atoms with Crippen molar-refractivity contribution in [1.82, 2.24) is 10.6 Å². The van der Waals surface area contributed by atoms with Gasteiger partial charge in [0.05, 0.1) is 6.54 Å². The second-order valence-electron chi connectivity index (χ2n) is 6.15. The van der Waals surface area contributed by atoms with Gasteiger partial charge in [0, 0.05) is 25.8 Å². The van der Waals surface area contributed by atoms with Crippen molar-refractivity contribution in [1.29, 1.82) is 0 Å². The molecule has 0 unspecified atom stereocenters. The van der Waals surface area contributed by atoms with E-state index in [0.717, 1.165) is 30.6 Å². The van der Waals surface area contributed by atoms with Crippen LogP contribution in [0, 0.1) is 5.82 Å². The molecule has 0 saturated carbocycles. The van der Waals surface area contributed by atoms with Crippen molar-refractivity contribution >= 4 is 41.5 Å². The number of rotatable bonds is 5. The van der Waals surface area contributed by atoms with Crippen LogP contribution in [0.2, 0.25) is 0 Å². The zero-order chi connectivity index (χ0) is 18.4. The topological polar surface area (TPSA) is 56.7 Å². The summed E-state index contributed by atoms with van der Waals surface area (Å²) < 4.78 is 12.9. The summed E-state index contributed by atoms with van der Waals surface area (Å²) >= 11 is 0. The molecule has 1 aliphatic rings. The number of hydrogen-bond donors (Lipinski definition) is 2. The van der Waals surface area contributed by atoms with Gasteiger partial charge in [0.25, 0.3) is 0 Å². The maximum Gasteiger partial charge on any atom is 0.246 e. The van der Waals surface area contributed by atoms with Crippen LogP contribution < -0.4 is 15.5 Å². The minimum absolute atomic E-state index is 0. The second kappa shape index (κ2) is 10.2. The Morgan fingerprint density at radius 2 is 1.89 bits per heavy atom. The first-order chi connectivity index (χ1) is 12.7. The maximum absolute atomic E-state index is 12.9. The highest BCUT2D eigenvalue weighted by Crippen LogP contribution is 2.27. The number of nitrogens with zero attached hydrogens (tertiary/aromatic N) is 2. The molecule has 0 aliphatic carbocycles. The summed E-state index contributed by atoms with van der Waals surface area (Å²) in [6.07, 6.45) is 1.64. The standard InChI is InChI=1S/C20H23FN4O.HI/c1-22-20(23-12-10-15-6-8-17(21)9-7-15)24-14-19(26)25-13-11-16-4-2-3-5-18(16)25;/h2-9H,10-14H2,1H3,(H2,22,23,24);1H. The third-order valence-electron chi connectivity index (χ3n) is 4.44. The van der Waals surface area contributed by atoms with E-state index in [1.54, 1.807) is 19.2 Å². The van der Waals surface area contributed by atoms with E-state index >= 15 is 0 Å². The van der Waals surface area contributed by atoms with Crippen molar-refractivity contribution in [3.8, 4) is 0 Å². The normalized spacial score (nSPS) is 13.0. The Hall–Kier alpha value is -2.16. The van der Waals surface area contributed by atoms with Gasteiger partial charge in [-0.25, -0.2) is 4.39 Å². The van der Waals surface area contributed by atoms with Crippen molar-refractivity contribution in [2.45, 2.75) is 12.8 Å². The smallest absolute Gasteiger partial charge is 0.246 e. The minimum atomic E-state index is -0.235. The molecular weight excluding hydrogens is 458 g/mol. The first-order valence-electron chi connectivity index (χ1n) is 8.74. The quantitative estimate of drug-likeness (QED) is 0.392. The lowest BCUT2D eigenvalue weighted by atomic mass is 10.1. The maximum atomic E-state index is 12.9. The summed E-state index contributed by atoms with van der Waals surface area (Å²) in [6.45, 7) is 1.55. The van der Waals surface area contributed by atoms with Crippen molar-refractivity contribution in [2.75, 3.05) is 31.6 Å². The van der Waals surface area contributed by atoms with Crippen molar-refractivity contribution < 1.29 is 9.18 Å². The van der Waals surface area contributed by atoms with Crippen molar-refractivity contribution in [3.63, 3.8) is 0 Å². The van der Waals surface area contributed by atoms with Crippen LogP contribution in [0.5, 0.6) is 0 Å². The van der Waals surface area contributed by atoms with E-state index < -0.39 is 0 Å². The molecule has 1 heterocycles. The molecular formula is C20H24FIN4O. The van der Waals surface area contributed by atoms with Crippen LogP contribution in [0.15, 0.2) is 53.5 Å². The van der Waals surface area contributed by atoms with Crippen LogP contribution >= 0.6 is 24.0 Å². The van der Waals surface area contributed by atoms with Crippen molar-refractivity contribution in [2.24, 2.45) is 4.99 Å². The molecule has 0 spiro atoms. The van der Waals surface area contributed by atoms with Gasteiger partial charge in [0.2, 0.25) is 5.91 Å². The Kier molecular flexibility index (Phi) is 8.02. The lowest BCUT2D eigenvalue weighted by Gasteiger charge is -2.18. The number of carbonyl (C=O) groups excluding carboxylic acids is 1. The van der Waals surface area contributed by atoms with Gasteiger partial charge >= 0.3 is 0 Å². The molecule has 0 atom stereocenters. The molecule has 2 aromatic carbocycles. The molecule has 7 heteroatoms. The molecule has 3 rings (SSSR count). The molecule has 5 nitrogen and oxygen atoms in total. The molecule has 0 radical (unpaired) electrons. The minimum Gasteiger partial charge on any atom is -0.356 e. The number of anilines is 1. The predicted molar refractivity (Wildman–Crippen MR) is 117 cm³/mol. The average molecular weight is 482 g/mol. The van der Waals surface area contributed by atoms with Crippen LogP contribution in [0.25, 0.3) is 0 Å². The lowest BCUT2D eigenvalue weighted by Crippen LogP contribution is -2.44. The monoisotopic (exact) mass is 482 g/mol. The fourth-order valence-corrected chi connectivity index (χ4v) is 3.05. The molecule has 2 N–H and O–H groups in total. The molecule has 1 amide bonds. The SMILES string of the molecule is CN=C(NCCc1ccc(F)cc1)NCC(=O)N1CCc2ccccc21.I. The Bertz CT molecular complexity index is 795. The van der Waals surface area contributed by atoms with Crippen molar-refractivity contribution in [3.05, 3.63) is 65.5 Å². The summed E-state index contributed by atoms with van der Waals surface area (Å²) in [5.41, 5.74) is 3.25. The number of guanidine groups is 1. The van der Waals surface area contributed by atoms with Crippen LogP contribution in [0.1, 0.15) is 11.1 Å². The largest absolute Gasteiger partial charge is 0.356 e.